The molecular weight excluding hydrogens is 396 g/mol. The zero-order valence-corrected chi connectivity index (χ0v) is 18.7. The van der Waals surface area contributed by atoms with Gasteiger partial charge in [0.25, 0.3) is 5.69 Å². The molecule has 31 heavy (non-hydrogen) atoms. The van der Waals surface area contributed by atoms with Crippen molar-refractivity contribution in [3.63, 3.8) is 0 Å². The largest absolute Gasteiger partial charge is 0.497 e. The molecule has 0 fully saturated rings. The topological polar surface area (TPSA) is 82.7 Å². The highest BCUT2D eigenvalue weighted by Gasteiger charge is 2.18. The minimum atomic E-state index is -0.400. The maximum absolute atomic E-state index is 11.3. The Bertz CT molecular complexity index is 1020. The number of rotatable bonds is 10. The van der Waals surface area contributed by atoms with Gasteiger partial charge in [0.1, 0.15) is 12.4 Å². The van der Waals surface area contributed by atoms with Gasteiger partial charge in [-0.3, -0.25) is 19.7 Å². The van der Waals surface area contributed by atoms with Gasteiger partial charge in [0.2, 0.25) is 5.88 Å². The molecule has 0 unspecified atom stereocenters. The predicted octanol–water partition coefficient (Wildman–Crippen LogP) is 4.65. The smallest absolute Gasteiger partial charge is 0.270 e. The number of nitro benzene ring substituents is 1. The molecule has 0 aliphatic rings. The summed E-state index contributed by atoms with van der Waals surface area (Å²) in [6.07, 6.45) is 0. The lowest BCUT2D eigenvalue weighted by molar-refractivity contribution is -0.384. The van der Waals surface area contributed by atoms with Crippen LogP contribution in [-0.4, -0.2) is 45.3 Å². The van der Waals surface area contributed by atoms with Gasteiger partial charge >= 0.3 is 0 Å². The van der Waals surface area contributed by atoms with Crippen LogP contribution in [0.2, 0.25) is 0 Å². The van der Waals surface area contributed by atoms with Crippen molar-refractivity contribution >= 4 is 16.6 Å². The summed E-state index contributed by atoms with van der Waals surface area (Å²) in [7, 11) is 1.62. The van der Waals surface area contributed by atoms with Crippen molar-refractivity contribution in [1.29, 1.82) is 0 Å². The van der Waals surface area contributed by atoms with Gasteiger partial charge in [-0.25, -0.2) is 0 Å². The molecule has 3 aromatic rings. The molecule has 166 valence electrons. The predicted molar refractivity (Wildman–Crippen MR) is 121 cm³/mol. The van der Waals surface area contributed by atoms with Crippen LogP contribution in [0.15, 0.2) is 42.5 Å². The van der Waals surface area contributed by atoms with Crippen LogP contribution in [0.5, 0.6) is 11.6 Å². The Kier molecular flexibility index (Phi) is 7.12. The molecule has 0 bridgehead atoms. The van der Waals surface area contributed by atoms with Crippen LogP contribution in [0.4, 0.5) is 5.69 Å². The molecule has 0 spiro atoms. The molecule has 0 saturated heterocycles. The minimum Gasteiger partial charge on any atom is -0.497 e. The van der Waals surface area contributed by atoms with Crippen molar-refractivity contribution in [3.05, 3.63) is 58.1 Å². The first-order chi connectivity index (χ1) is 14.8. The standard InChI is InChI=1S/C23H30N4O4/c1-16(2)25(17(3)4)12-13-26-22-11-8-19(27(28)29)14-21(22)23(24-26)31-15-18-6-9-20(30-5)10-7-18/h6-11,14,16-17H,12-13,15H2,1-5H3. The van der Waals surface area contributed by atoms with Crippen LogP contribution in [-0.2, 0) is 13.2 Å². The summed E-state index contributed by atoms with van der Waals surface area (Å²) in [5.74, 6) is 1.17. The monoisotopic (exact) mass is 426 g/mol. The van der Waals surface area contributed by atoms with Gasteiger partial charge in [-0.2, -0.15) is 0 Å². The van der Waals surface area contributed by atoms with E-state index >= 15 is 0 Å². The highest BCUT2D eigenvalue weighted by molar-refractivity contribution is 5.86. The highest BCUT2D eigenvalue weighted by Crippen LogP contribution is 2.29. The summed E-state index contributed by atoms with van der Waals surface area (Å²) >= 11 is 0. The molecule has 1 heterocycles. The number of benzene rings is 2. The van der Waals surface area contributed by atoms with Gasteiger partial charge in [-0.05, 0) is 51.5 Å². The number of ether oxygens (including phenoxy) is 2. The third-order valence-corrected chi connectivity index (χ3v) is 5.34. The average molecular weight is 427 g/mol. The summed E-state index contributed by atoms with van der Waals surface area (Å²) in [6.45, 7) is 10.5. The van der Waals surface area contributed by atoms with Crippen LogP contribution in [0.25, 0.3) is 10.9 Å². The Hall–Kier alpha value is -3.13. The van der Waals surface area contributed by atoms with E-state index in [2.05, 4.69) is 37.7 Å². The maximum Gasteiger partial charge on any atom is 0.270 e. The van der Waals surface area contributed by atoms with Gasteiger partial charge in [-0.15, -0.1) is 5.10 Å². The van der Waals surface area contributed by atoms with Crippen LogP contribution in [0.1, 0.15) is 33.3 Å². The minimum absolute atomic E-state index is 0.0207. The van der Waals surface area contributed by atoms with Crippen molar-refractivity contribution < 1.29 is 14.4 Å². The lowest BCUT2D eigenvalue weighted by Crippen LogP contribution is -2.39. The second-order valence-electron chi connectivity index (χ2n) is 8.05. The molecule has 2 aromatic carbocycles. The van der Waals surface area contributed by atoms with Crippen LogP contribution >= 0.6 is 0 Å². The second kappa shape index (κ2) is 9.78. The van der Waals surface area contributed by atoms with Crippen molar-refractivity contribution in [2.24, 2.45) is 0 Å². The molecule has 0 aliphatic carbocycles. The number of nitro groups is 1. The van der Waals surface area contributed by atoms with Crippen molar-refractivity contribution in [2.45, 2.75) is 52.9 Å². The molecule has 0 N–H and O–H groups in total. The first-order valence-electron chi connectivity index (χ1n) is 10.5. The molecule has 0 amide bonds. The van der Waals surface area contributed by atoms with E-state index in [1.54, 1.807) is 13.2 Å². The molecule has 0 saturated carbocycles. The average Bonchev–Trinajstić information content (AvgIpc) is 3.09. The van der Waals surface area contributed by atoms with E-state index in [0.717, 1.165) is 23.4 Å². The first-order valence-corrected chi connectivity index (χ1v) is 10.5. The van der Waals surface area contributed by atoms with E-state index in [1.165, 1.54) is 12.1 Å². The number of nitrogens with zero attached hydrogens (tertiary/aromatic N) is 4. The Labute approximate surface area is 182 Å². The number of methoxy groups -OCH3 is 1. The van der Waals surface area contributed by atoms with E-state index in [1.807, 2.05) is 28.9 Å². The summed E-state index contributed by atoms with van der Waals surface area (Å²) in [5.41, 5.74) is 1.80. The molecular formula is C23H30N4O4. The Morgan fingerprint density at radius 1 is 1.10 bits per heavy atom. The molecule has 0 aliphatic heterocycles. The van der Waals surface area contributed by atoms with Gasteiger partial charge < -0.3 is 9.47 Å². The van der Waals surface area contributed by atoms with Crippen LogP contribution in [0.3, 0.4) is 0 Å². The quantitative estimate of drug-likeness (QED) is 0.347. The Morgan fingerprint density at radius 2 is 1.77 bits per heavy atom. The zero-order valence-electron chi connectivity index (χ0n) is 18.7. The highest BCUT2D eigenvalue weighted by atomic mass is 16.6. The zero-order chi connectivity index (χ0) is 22.5. The summed E-state index contributed by atoms with van der Waals surface area (Å²) < 4.78 is 13.0. The third kappa shape index (κ3) is 5.32. The van der Waals surface area contributed by atoms with Crippen molar-refractivity contribution in [1.82, 2.24) is 14.7 Å². The molecule has 3 rings (SSSR count). The number of hydrogen-bond donors (Lipinski definition) is 0. The van der Waals surface area contributed by atoms with Crippen molar-refractivity contribution in [3.8, 4) is 11.6 Å². The van der Waals surface area contributed by atoms with Gasteiger partial charge in [0.05, 0.1) is 29.5 Å². The van der Waals surface area contributed by atoms with Crippen molar-refractivity contribution in [2.75, 3.05) is 13.7 Å². The summed E-state index contributed by atoms with van der Waals surface area (Å²) in [4.78, 5) is 13.3. The number of fused-ring (bicyclic) bond motifs is 1. The molecule has 8 heteroatoms. The normalized spacial score (nSPS) is 11.6. The lowest BCUT2D eigenvalue weighted by Gasteiger charge is -2.30. The number of non-ortho nitro benzene ring substituents is 1. The molecule has 1 aromatic heterocycles. The maximum atomic E-state index is 11.3. The van der Waals surface area contributed by atoms with E-state index in [0.29, 0.717) is 36.5 Å². The fourth-order valence-corrected chi connectivity index (χ4v) is 3.72. The van der Waals surface area contributed by atoms with E-state index in [9.17, 15) is 10.1 Å². The lowest BCUT2D eigenvalue weighted by atomic mass is 10.2. The third-order valence-electron chi connectivity index (χ3n) is 5.34. The van der Waals surface area contributed by atoms with Crippen LogP contribution in [0, 0.1) is 10.1 Å². The SMILES string of the molecule is COc1ccc(COc2nn(CCN(C(C)C)C(C)C)c3ccc([N+](=O)[O-])cc23)cc1. The first kappa shape index (κ1) is 22.6. The van der Waals surface area contributed by atoms with E-state index in [-0.39, 0.29) is 5.69 Å². The summed E-state index contributed by atoms with van der Waals surface area (Å²) in [6, 6.07) is 13.2. The van der Waals surface area contributed by atoms with E-state index < -0.39 is 4.92 Å². The molecule has 0 atom stereocenters. The molecule has 0 radical (unpaired) electrons. The van der Waals surface area contributed by atoms with Gasteiger partial charge in [-0.1, -0.05) is 12.1 Å². The molecule has 8 nitrogen and oxygen atoms in total. The number of aromatic nitrogens is 2. The van der Waals surface area contributed by atoms with E-state index in [4.69, 9.17) is 9.47 Å². The number of hydrogen-bond acceptors (Lipinski definition) is 6. The fraction of sp³-hybridized carbons (Fsp3) is 0.435. The Balaban J connectivity index is 1.87. The van der Waals surface area contributed by atoms with Crippen LogP contribution < -0.4 is 9.47 Å². The fourth-order valence-electron chi connectivity index (χ4n) is 3.72. The second-order valence-corrected chi connectivity index (χ2v) is 8.05. The Morgan fingerprint density at radius 3 is 2.35 bits per heavy atom. The summed E-state index contributed by atoms with van der Waals surface area (Å²) in [5, 5.41) is 16.6. The van der Waals surface area contributed by atoms with Gasteiger partial charge in [0.15, 0.2) is 0 Å². The van der Waals surface area contributed by atoms with Gasteiger partial charge in [0, 0.05) is 30.8 Å².